The van der Waals surface area contributed by atoms with Crippen LogP contribution in [0.25, 0.3) is 10.6 Å². The van der Waals surface area contributed by atoms with Gasteiger partial charge in [-0.15, -0.1) is 11.3 Å². The van der Waals surface area contributed by atoms with Crippen molar-refractivity contribution in [1.82, 2.24) is 4.98 Å². The summed E-state index contributed by atoms with van der Waals surface area (Å²) < 4.78 is 0.920. The minimum atomic E-state index is 0.439. The second-order valence-corrected chi connectivity index (χ2v) is 5.00. The van der Waals surface area contributed by atoms with E-state index in [4.69, 9.17) is 11.6 Å². The first-order valence-electron chi connectivity index (χ1n) is 4.07. The van der Waals surface area contributed by atoms with E-state index in [1.54, 1.807) is 11.4 Å². The molecule has 0 aliphatic carbocycles. The Morgan fingerprint density at radius 1 is 1.47 bits per heavy atom. The van der Waals surface area contributed by atoms with Gasteiger partial charge in [0.25, 0.3) is 0 Å². The average Bonchev–Trinajstić information content (AvgIpc) is 2.66. The van der Waals surface area contributed by atoms with Crippen molar-refractivity contribution >= 4 is 45.2 Å². The summed E-state index contributed by atoms with van der Waals surface area (Å²) in [5.41, 5.74) is 1.28. The Balaban J connectivity index is 2.49. The highest BCUT2D eigenvalue weighted by molar-refractivity contribution is 9.10. The summed E-state index contributed by atoms with van der Waals surface area (Å²) in [5, 5.41) is 3.09. The molecule has 0 aliphatic rings. The van der Waals surface area contributed by atoms with E-state index in [0.717, 1.165) is 21.3 Å². The molecule has 5 heteroatoms. The molecule has 0 amide bonds. The molecule has 1 aromatic heterocycles. The summed E-state index contributed by atoms with van der Waals surface area (Å²) >= 11 is 10.8. The van der Waals surface area contributed by atoms with Gasteiger partial charge >= 0.3 is 0 Å². The van der Waals surface area contributed by atoms with Gasteiger partial charge in [0.1, 0.15) is 10.7 Å². The topological polar surface area (TPSA) is 30.0 Å². The first-order valence-corrected chi connectivity index (χ1v) is 6.12. The molecule has 0 aliphatic heterocycles. The van der Waals surface area contributed by atoms with Crippen LogP contribution in [0, 0.1) is 0 Å². The van der Waals surface area contributed by atoms with Gasteiger partial charge in [-0.2, -0.15) is 0 Å². The second kappa shape index (κ2) is 4.43. The highest BCUT2D eigenvalue weighted by Gasteiger charge is 2.08. The van der Waals surface area contributed by atoms with Crippen molar-refractivity contribution in [2.75, 3.05) is 0 Å². The van der Waals surface area contributed by atoms with E-state index in [-0.39, 0.29) is 0 Å². The summed E-state index contributed by atoms with van der Waals surface area (Å²) in [7, 11) is 0. The number of hydrogen-bond acceptors (Lipinski definition) is 3. The monoisotopic (exact) mass is 301 g/mol. The lowest BCUT2D eigenvalue weighted by atomic mass is 10.2. The maximum Gasteiger partial charge on any atom is 0.169 e. The molecule has 2 nitrogen and oxygen atoms in total. The molecule has 15 heavy (non-hydrogen) atoms. The van der Waals surface area contributed by atoms with Gasteiger partial charge in [-0.3, -0.25) is 4.79 Å². The highest BCUT2D eigenvalue weighted by Crippen LogP contribution is 2.32. The van der Waals surface area contributed by atoms with Crippen LogP contribution in [0.1, 0.15) is 10.5 Å². The zero-order valence-corrected chi connectivity index (χ0v) is 10.6. The van der Waals surface area contributed by atoms with Crippen molar-refractivity contribution in [3.63, 3.8) is 0 Å². The lowest BCUT2D eigenvalue weighted by Crippen LogP contribution is -1.81. The molecule has 2 rings (SSSR count). The first kappa shape index (κ1) is 10.8. The van der Waals surface area contributed by atoms with Crippen molar-refractivity contribution < 1.29 is 4.79 Å². The average molecular weight is 303 g/mol. The lowest BCUT2D eigenvalue weighted by Gasteiger charge is -1.99. The van der Waals surface area contributed by atoms with Gasteiger partial charge in [-0.05, 0) is 18.2 Å². The quantitative estimate of drug-likeness (QED) is 0.784. The number of nitrogens with zero attached hydrogens (tertiary/aromatic N) is 1. The Hall–Kier alpha value is -0.710. The predicted molar refractivity (Wildman–Crippen MR) is 65.6 cm³/mol. The fourth-order valence-corrected chi connectivity index (χ4v) is 2.75. The smallest absolute Gasteiger partial charge is 0.169 e. The largest absolute Gasteiger partial charge is 0.296 e. The Bertz CT molecular complexity index is 512. The molecule has 0 unspecified atom stereocenters. The van der Waals surface area contributed by atoms with Crippen molar-refractivity contribution in [3.8, 4) is 10.6 Å². The molecule has 0 bridgehead atoms. The standard InChI is InChI=1S/C10H5BrClNOS/c11-6-1-2-8(9(12)3-6)10-13-7(4-14)5-15-10/h1-5H. The highest BCUT2D eigenvalue weighted by atomic mass is 79.9. The molecule has 0 saturated carbocycles. The fourth-order valence-electron chi connectivity index (χ4n) is 1.13. The minimum Gasteiger partial charge on any atom is -0.296 e. The van der Waals surface area contributed by atoms with Gasteiger partial charge in [0.05, 0.1) is 5.02 Å². The molecule has 0 atom stereocenters. The van der Waals surface area contributed by atoms with Crippen LogP contribution >= 0.6 is 38.9 Å². The third kappa shape index (κ3) is 2.27. The minimum absolute atomic E-state index is 0.439. The second-order valence-electron chi connectivity index (χ2n) is 2.82. The number of carbonyl (C=O) groups excluding carboxylic acids is 1. The molecule has 0 radical (unpaired) electrons. The van der Waals surface area contributed by atoms with Gasteiger partial charge in [0.15, 0.2) is 6.29 Å². The zero-order valence-electron chi connectivity index (χ0n) is 7.41. The summed E-state index contributed by atoms with van der Waals surface area (Å²) in [4.78, 5) is 14.6. The van der Waals surface area contributed by atoms with E-state index >= 15 is 0 Å². The molecule has 0 N–H and O–H groups in total. The summed E-state index contributed by atoms with van der Waals surface area (Å²) in [5.74, 6) is 0. The number of rotatable bonds is 2. The van der Waals surface area contributed by atoms with Gasteiger partial charge in [-0.25, -0.2) is 4.98 Å². The summed E-state index contributed by atoms with van der Waals surface area (Å²) in [6.45, 7) is 0. The van der Waals surface area contributed by atoms with Crippen LogP contribution < -0.4 is 0 Å². The van der Waals surface area contributed by atoms with E-state index in [1.807, 2.05) is 12.1 Å². The maximum atomic E-state index is 10.5. The van der Waals surface area contributed by atoms with Crippen LogP contribution in [0.4, 0.5) is 0 Å². The van der Waals surface area contributed by atoms with E-state index in [1.165, 1.54) is 11.3 Å². The van der Waals surface area contributed by atoms with Crippen LogP contribution in [0.5, 0.6) is 0 Å². The van der Waals surface area contributed by atoms with E-state index in [9.17, 15) is 4.79 Å². The fraction of sp³-hybridized carbons (Fsp3) is 0. The van der Waals surface area contributed by atoms with Crippen LogP contribution in [0.15, 0.2) is 28.1 Å². The number of hydrogen-bond donors (Lipinski definition) is 0. The van der Waals surface area contributed by atoms with Crippen molar-refractivity contribution in [3.05, 3.63) is 38.8 Å². The number of halogens is 2. The molecule has 2 aromatic rings. The van der Waals surface area contributed by atoms with Crippen molar-refractivity contribution in [1.29, 1.82) is 0 Å². The van der Waals surface area contributed by atoms with E-state index in [0.29, 0.717) is 10.7 Å². The van der Waals surface area contributed by atoms with Gasteiger partial charge in [0, 0.05) is 15.4 Å². The summed E-state index contributed by atoms with van der Waals surface area (Å²) in [6, 6.07) is 5.57. The lowest BCUT2D eigenvalue weighted by molar-refractivity contribution is 0.111. The molecule has 0 saturated heterocycles. The zero-order chi connectivity index (χ0) is 10.8. The van der Waals surface area contributed by atoms with E-state index < -0.39 is 0 Å². The molecular weight excluding hydrogens is 298 g/mol. The van der Waals surface area contributed by atoms with Crippen LogP contribution in [-0.4, -0.2) is 11.3 Å². The van der Waals surface area contributed by atoms with Crippen LogP contribution in [0.2, 0.25) is 5.02 Å². The molecule has 0 spiro atoms. The van der Waals surface area contributed by atoms with E-state index in [2.05, 4.69) is 20.9 Å². The normalized spacial score (nSPS) is 10.3. The van der Waals surface area contributed by atoms with Crippen LogP contribution in [-0.2, 0) is 0 Å². The van der Waals surface area contributed by atoms with Crippen molar-refractivity contribution in [2.24, 2.45) is 0 Å². The number of thiazole rings is 1. The van der Waals surface area contributed by atoms with Gasteiger partial charge in [0.2, 0.25) is 0 Å². The summed E-state index contributed by atoms with van der Waals surface area (Å²) in [6.07, 6.45) is 0.729. The Labute approximate surface area is 104 Å². The molecule has 1 aromatic carbocycles. The predicted octanol–water partition coefficient (Wildman–Crippen LogP) is 4.04. The molecule has 0 fully saturated rings. The molecule has 1 heterocycles. The third-order valence-electron chi connectivity index (χ3n) is 1.80. The van der Waals surface area contributed by atoms with Gasteiger partial charge in [-0.1, -0.05) is 27.5 Å². The van der Waals surface area contributed by atoms with Crippen molar-refractivity contribution in [2.45, 2.75) is 0 Å². The number of aldehydes is 1. The number of carbonyl (C=O) groups is 1. The third-order valence-corrected chi connectivity index (χ3v) is 3.50. The van der Waals surface area contributed by atoms with Gasteiger partial charge < -0.3 is 0 Å². The first-order chi connectivity index (χ1) is 7.20. The Kier molecular flexibility index (Phi) is 3.19. The van der Waals surface area contributed by atoms with Crippen LogP contribution in [0.3, 0.4) is 0 Å². The Morgan fingerprint density at radius 3 is 2.87 bits per heavy atom. The number of benzene rings is 1. The SMILES string of the molecule is O=Cc1csc(-c2ccc(Br)cc2Cl)n1. The Morgan fingerprint density at radius 2 is 2.27 bits per heavy atom. The maximum absolute atomic E-state index is 10.5. The molecule has 76 valence electrons. The molecular formula is C10H5BrClNOS. The number of aromatic nitrogens is 1.